The molecule has 1 saturated heterocycles. The van der Waals surface area contributed by atoms with Crippen LogP contribution in [-0.4, -0.2) is 69.3 Å². The summed E-state index contributed by atoms with van der Waals surface area (Å²) in [6, 6.07) is -1.36. The fourth-order valence-corrected chi connectivity index (χ4v) is 2.62. The summed E-state index contributed by atoms with van der Waals surface area (Å²) in [4.78, 5) is 0. The Labute approximate surface area is 172 Å². The Hall–Kier alpha value is 1.62. The molecule has 0 aromatic rings. The average Bonchev–Trinajstić information content (AvgIpc) is 2.26. The number of nitrogens with one attached hydrogen (secondary N) is 1. The van der Waals surface area contributed by atoms with E-state index in [2.05, 4.69) is 4.18 Å². The van der Waals surface area contributed by atoms with Crippen LogP contribution < -0.4 is 63.8 Å². The Morgan fingerprint density at radius 3 is 2.23 bits per heavy atom. The minimum atomic E-state index is -4.92. The standard InChI is InChI=1S/C7H15NO10S2.2Na/c1-16-7-6(8-19(10,11)12)5(9)2-4(18-7)3-17-20(13,14)15;;/h4-9H,2-3H2,1H3,(H,10,11,12)(H,13,14,15);;/q;2*+1/p-2/t4?,5?,6?,7-;;/m0../s1. The second-order valence-corrected chi connectivity index (χ2v) is 6.15. The van der Waals surface area contributed by atoms with Gasteiger partial charge < -0.3 is 23.7 Å². The van der Waals surface area contributed by atoms with Gasteiger partial charge in [-0.25, -0.2) is 21.6 Å². The van der Waals surface area contributed by atoms with Crippen molar-refractivity contribution in [1.82, 2.24) is 4.72 Å². The van der Waals surface area contributed by atoms with Crippen LogP contribution in [0.4, 0.5) is 0 Å². The minimum Gasteiger partial charge on any atom is -0.735 e. The summed E-state index contributed by atoms with van der Waals surface area (Å²) >= 11 is 0. The van der Waals surface area contributed by atoms with E-state index in [0.717, 1.165) is 7.11 Å². The zero-order valence-corrected chi connectivity index (χ0v) is 17.8. The molecule has 0 aliphatic carbocycles. The van der Waals surface area contributed by atoms with Crippen LogP contribution in [0.25, 0.3) is 0 Å². The summed E-state index contributed by atoms with van der Waals surface area (Å²) in [5.41, 5.74) is 0. The first-order valence-electron chi connectivity index (χ1n) is 5.21. The molecule has 1 aliphatic heterocycles. The van der Waals surface area contributed by atoms with Gasteiger partial charge in [0.05, 0.1) is 24.9 Å². The van der Waals surface area contributed by atoms with E-state index in [9.17, 15) is 31.0 Å². The van der Waals surface area contributed by atoms with Crippen molar-refractivity contribution in [2.45, 2.75) is 31.0 Å². The van der Waals surface area contributed by atoms with Gasteiger partial charge in [0.25, 0.3) is 0 Å². The van der Waals surface area contributed by atoms with Crippen molar-refractivity contribution in [3.63, 3.8) is 0 Å². The summed E-state index contributed by atoms with van der Waals surface area (Å²) in [5.74, 6) is 0. The Kier molecular flexibility index (Phi) is 12.4. The Balaban J connectivity index is 0. The van der Waals surface area contributed by atoms with Crippen LogP contribution in [-0.2, 0) is 34.4 Å². The molecular formula is C7H13NNa2O10S2. The molecule has 120 valence electrons. The number of aliphatic hydroxyl groups is 1. The average molecular weight is 381 g/mol. The van der Waals surface area contributed by atoms with Gasteiger partial charge in [-0.3, -0.25) is 4.18 Å². The summed E-state index contributed by atoms with van der Waals surface area (Å²) in [6.45, 7) is -0.667. The predicted octanol–water partition coefficient (Wildman–Crippen LogP) is -8.99. The second kappa shape index (κ2) is 10.6. The first-order valence-corrected chi connectivity index (χ1v) is 7.95. The molecule has 0 saturated carbocycles. The van der Waals surface area contributed by atoms with Gasteiger partial charge in [0.1, 0.15) is 0 Å². The molecule has 1 heterocycles. The number of hydrogen-bond donors (Lipinski definition) is 2. The Morgan fingerprint density at radius 1 is 1.27 bits per heavy atom. The van der Waals surface area contributed by atoms with Gasteiger partial charge >= 0.3 is 59.1 Å². The fourth-order valence-electron chi connectivity index (χ4n) is 1.70. The van der Waals surface area contributed by atoms with E-state index in [1.807, 2.05) is 0 Å². The maximum Gasteiger partial charge on any atom is 1.00 e. The van der Waals surface area contributed by atoms with Crippen LogP contribution in [0.3, 0.4) is 0 Å². The second-order valence-electron chi connectivity index (χ2n) is 3.96. The van der Waals surface area contributed by atoms with Crippen molar-refractivity contribution >= 4 is 20.7 Å². The smallest absolute Gasteiger partial charge is 0.735 e. The first-order chi connectivity index (χ1) is 9.02. The van der Waals surface area contributed by atoms with Crippen LogP contribution in [0, 0.1) is 0 Å². The van der Waals surface area contributed by atoms with E-state index in [1.165, 1.54) is 0 Å². The molecule has 15 heteroatoms. The first kappa shape index (κ1) is 25.9. The summed E-state index contributed by atoms with van der Waals surface area (Å²) in [6.07, 6.45) is -4.01. The van der Waals surface area contributed by atoms with Crippen LogP contribution >= 0.6 is 0 Å². The number of aliphatic hydroxyl groups excluding tert-OH is 1. The molecule has 1 rings (SSSR count). The number of rotatable bonds is 6. The molecule has 4 atom stereocenters. The van der Waals surface area contributed by atoms with Crippen molar-refractivity contribution < 1.29 is 104 Å². The molecule has 11 nitrogen and oxygen atoms in total. The largest absolute Gasteiger partial charge is 1.00 e. The minimum absolute atomic E-state index is 0. The summed E-state index contributed by atoms with van der Waals surface area (Å²) in [5, 5.41) is 9.72. The quantitative estimate of drug-likeness (QED) is 0.255. The van der Waals surface area contributed by atoms with Gasteiger partial charge in [-0.1, -0.05) is 0 Å². The third kappa shape index (κ3) is 9.80. The van der Waals surface area contributed by atoms with Gasteiger partial charge in [-0.2, -0.15) is 0 Å². The molecule has 3 unspecified atom stereocenters. The van der Waals surface area contributed by atoms with Crippen molar-refractivity contribution in [3.05, 3.63) is 0 Å². The topological polar surface area (TPSA) is 174 Å². The molecule has 0 aromatic carbocycles. The van der Waals surface area contributed by atoms with Crippen molar-refractivity contribution in [3.8, 4) is 0 Å². The van der Waals surface area contributed by atoms with Crippen molar-refractivity contribution in [2.24, 2.45) is 0 Å². The zero-order chi connectivity index (χ0) is 15.6. The monoisotopic (exact) mass is 381 g/mol. The van der Waals surface area contributed by atoms with Crippen molar-refractivity contribution in [1.29, 1.82) is 0 Å². The van der Waals surface area contributed by atoms with Crippen LogP contribution in [0.2, 0.25) is 0 Å². The predicted molar refractivity (Wildman–Crippen MR) is 58.6 cm³/mol. The third-order valence-corrected chi connectivity index (χ3v) is 3.44. The van der Waals surface area contributed by atoms with Gasteiger partial charge in [0, 0.05) is 13.5 Å². The molecule has 2 N–H and O–H groups in total. The fraction of sp³-hybridized carbons (Fsp3) is 1.00. The Morgan fingerprint density at radius 2 is 1.82 bits per heavy atom. The van der Waals surface area contributed by atoms with E-state index in [0.29, 0.717) is 0 Å². The van der Waals surface area contributed by atoms with Gasteiger partial charge in [0.15, 0.2) is 16.6 Å². The van der Waals surface area contributed by atoms with E-state index < -0.39 is 51.8 Å². The molecule has 0 spiro atoms. The molecule has 1 aliphatic rings. The third-order valence-electron chi connectivity index (χ3n) is 2.45. The SMILES string of the molecule is CO[C@H]1OC(COS(=O)(=O)[O-])CC(O)C1NS(=O)(=O)[O-].[Na+].[Na+]. The molecule has 0 amide bonds. The normalized spacial score (nSPS) is 29.3. The molecule has 0 radical (unpaired) electrons. The molecule has 1 fully saturated rings. The van der Waals surface area contributed by atoms with Crippen molar-refractivity contribution in [2.75, 3.05) is 13.7 Å². The van der Waals surface area contributed by atoms with E-state index >= 15 is 0 Å². The van der Waals surface area contributed by atoms with Gasteiger partial charge in [-0.15, -0.1) is 0 Å². The summed E-state index contributed by atoms with van der Waals surface area (Å²) in [7, 11) is -8.65. The van der Waals surface area contributed by atoms with Crippen LogP contribution in [0.15, 0.2) is 0 Å². The molecule has 0 aromatic heterocycles. The summed E-state index contributed by atoms with van der Waals surface area (Å²) < 4.78 is 78.1. The maximum atomic E-state index is 10.6. The number of ether oxygens (including phenoxy) is 2. The number of hydrogen-bond acceptors (Lipinski definition) is 10. The van der Waals surface area contributed by atoms with Crippen LogP contribution in [0.1, 0.15) is 6.42 Å². The Bertz CT molecular complexity index is 525. The zero-order valence-electron chi connectivity index (χ0n) is 12.2. The maximum absolute atomic E-state index is 10.6. The molecule has 0 bridgehead atoms. The number of methoxy groups -OCH3 is 1. The van der Waals surface area contributed by atoms with E-state index in [-0.39, 0.29) is 65.5 Å². The van der Waals surface area contributed by atoms with Gasteiger partial charge in [0.2, 0.25) is 10.4 Å². The molecular weight excluding hydrogens is 368 g/mol. The van der Waals surface area contributed by atoms with E-state index in [4.69, 9.17) is 9.47 Å². The van der Waals surface area contributed by atoms with Gasteiger partial charge in [-0.05, 0) is 0 Å². The van der Waals surface area contributed by atoms with Crippen LogP contribution in [0.5, 0.6) is 0 Å². The van der Waals surface area contributed by atoms with E-state index in [1.54, 1.807) is 4.72 Å². The molecule has 22 heavy (non-hydrogen) atoms.